The Balaban J connectivity index is 1.45. The second-order valence-electron chi connectivity index (χ2n) is 8.11. The Morgan fingerprint density at radius 1 is 1.08 bits per heavy atom. The van der Waals surface area contributed by atoms with E-state index in [2.05, 4.69) is 40.1 Å². The third kappa shape index (κ3) is 3.67. The average molecular weight is 338 g/mol. The minimum Gasteiger partial charge on any atom is -0.368 e. The van der Waals surface area contributed by atoms with Crippen LogP contribution >= 0.6 is 0 Å². The van der Waals surface area contributed by atoms with Crippen LogP contribution in [0.2, 0.25) is 0 Å². The second-order valence-corrected chi connectivity index (χ2v) is 8.11. The van der Waals surface area contributed by atoms with Crippen LogP contribution in [-0.4, -0.2) is 43.4 Å². The SMILES string of the molecule is CCC(=O)CN1CCN(c2ccccc2C2=CCC3(CC2)CC3)CC1. The fourth-order valence-electron chi connectivity index (χ4n) is 4.35. The van der Waals surface area contributed by atoms with Crippen molar-refractivity contribution in [1.82, 2.24) is 4.90 Å². The molecule has 1 aliphatic heterocycles. The molecule has 25 heavy (non-hydrogen) atoms. The van der Waals surface area contributed by atoms with Gasteiger partial charge in [-0.2, -0.15) is 0 Å². The number of nitrogens with zero attached hydrogens (tertiary/aromatic N) is 2. The van der Waals surface area contributed by atoms with Crippen molar-refractivity contribution in [2.24, 2.45) is 5.41 Å². The van der Waals surface area contributed by atoms with Gasteiger partial charge in [-0.15, -0.1) is 0 Å². The molecule has 2 aliphatic carbocycles. The predicted molar refractivity (Wildman–Crippen MR) is 104 cm³/mol. The number of hydrogen-bond donors (Lipinski definition) is 0. The van der Waals surface area contributed by atoms with Crippen LogP contribution < -0.4 is 4.90 Å². The van der Waals surface area contributed by atoms with E-state index in [0.29, 0.717) is 24.2 Å². The molecule has 1 spiro atoms. The summed E-state index contributed by atoms with van der Waals surface area (Å²) in [4.78, 5) is 16.5. The Morgan fingerprint density at radius 3 is 2.48 bits per heavy atom. The first kappa shape index (κ1) is 16.8. The lowest BCUT2D eigenvalue weighted by Crippen LogP contribution is -2.48. The Morgan fingerprint density at radius 2 is 1.84 bits per heavy atom. The van der Waals surface area contributed by atoms with Crippen LogP contribution in [0, 0.1) is 5.41 Å². The van der Waals surface area contributed by atoms with E-state index in [1.54, 1.807) is 5.57 Å². The van der Waals surface area contributed by atoms with Gasteiger partial charge in [-0.1, -0.05) is 31.2 Å². The molecule has 0 radical (unpaired) electrons. The van der Waals surface area contributed by atoms with Crippen LogP contribution in [0.15, 0.2) is 30.3 Å². The number of Topliss-reactive ketones (excluding diaryl/α,β-unsaturated/α-hetero) is 1. The van der Waals surface area contributed by atoms with Gasteiger partial charge >= 0.3 is 0 Å². The highest BCUT2D eigenvalue weighted by atomic mass is 16.1. The summed E-state index contributed by atoms with van der Waals surface area (Å²) in [6.45, 7) is 6.60. The van der Waals surface area contributed by atoms with Gasteiger partial charge in [0, 0.05) is 43.9 Å². The van der Waals surface area contributed by atoms with Crippen molar-refractivity contribution in [1.29, 1.82) is 0 Å². The van der Waals surface area contributed by atoms with Gasteiger partial charge in [-0.3, -0.25) is 9.69 Å². The van der Waals surface area contributed by atoms with Crippen LogP contribution in [0.4, 0.5) is 5.69 Å². The average Bonchev–Trinajstić information content (AvgIpc) is 3.42. The maximum absolute atomic E-state index is 11.7. The van der Waals surface area contributed by atoms with Gasteiger partial charge in [0.2, 0.25) is 0 Å². The van der Waals surface area contributed by atoms with E-state index in [1.807, 2.05) is 6.92 Å². The number of para-hydroxylation sites is 1. The predicted octanol–water partition coefficient (Wildman–Crippen LogP) is 4.14. The first-order valence-corrected chi connectivity index (χ1v) is 9.97. The maximum Gasteiger partial charge on any atom is 0.146 e. The summed E-state index contributed by atoms with van der Waals surface area (Å²) in [6.07, 6.45) is 9.95. The molecule has 1 aromatic rings. The molecular formula is C22H30N2O. The van der Waals surface area contributed by atoms with E-state index in [1.165, 1.54) is 43.4 Å². The summed E-state index contributed by atoms with van der Waals surface area (Å²) in [7, 11) is 0. The number of ketones is 1. The van der Waals surface area contributed by atoms with Gasteiger partial charge in [0.25, 0.3) is 0 Å². The quantitative estimate of drug-likeness (QED) is 0.806. The molecule has 3 aliphatic rings. The summed E-state index contributed by atoms with van der Waals surface area (Å²) < 4.78 is 0. The van der Waals surface area contributed by atoms with E-state index in [-0.39, 0.29) is 0 Å². The molecule has 4 rings (SSSR count). The van der Waals surface area contributed by atoms with Crippen LogP contribution in [0.1, 0.15) is 51.0 Å². The zero-order valence-corrected chi connectivity index (χ0v) is 15.5. The molecule has 3 heteroatoms. The van der Waals surface area contributed by atoms with Gasteiger partial charge in [-0.05, 0) is 49.2 Å². The third-order valence-electron chi connectivity index (χ3n) is 6.42. The molecule has 0 unspecified atom stereocenters. The highest BCUT2D eigenvalue weighted by Gasteiger charge is 2.42. The van der Waals surface area contributed by atoms with Crippen molar-refractivity contribution < 1.29 is 4.79 Å². The Bertz CT molecular complexity index is 666. The molecule has 0 atom stereocenters. The lowest BCUT2D eigenvalue weighted by Gasteiger charge is -2.37. The molecule has 1 heterocycles. The molecule has 0 amide bonds. The minimum atomic E-state index is 0.357. The van der Waals surface area contributed by atoms with Gasteiger partial charge in [-0.25, -0.2) is 0 Å². The molecule has 0 N–H and O–H groups in total. The standard InChI is InChI=1S/C22H30N2O/c1-2-19(25)17-23-13-15-24(16-14-23)21-6-4-3-5-20(21)18-7-9-22(10-8-18)11-12-22/h3-7H,2,8-17H2,1H3. The fraction of sp³-hybridized carbons (Fsp3) is 0.591. The molecule has 1 aromatic carbocycles. The van der Waals surface area contributed by atoms with Crippen molar-refractivity contribution in [3.8, 4) is 0 Å². The van der Waals surface area contributed by atoms with Crippen LogP contribution in [0.3, 0.4) is 0 Å². The van der Waals surface area contributed by atoms with E-state index in [0.717, 1.165) is 26.2 Å². The summed E-state index contributed by atoms with van der Waals surface area (Å²) in [6, 6.07) is 8.93. The van der Waals surface area contributed by atoms with E-state index in [4.69, 9.17) is 0 Å². The van der Waals surface area contributed by atoms with Crippen molar-refractivity contribution in [2.45, 2.75) is 45.4 Å². The lowest BCUT2D eigenvalue weighted by atomic mass is 9.84. The Labute approximate surface area is 151 Å². The Hall–Kier alpha value is -1.61. The summed E-state index contributed by atoms with van der Waals surface area (Å²) in [5.74, 6) is 0.357. The monoisotopic (exact) mass is 338 g/mol. The number of carbonyl (C=O) groups is 1. The second kappa shape index (κ2) is 6.95. The van der Waals surface area contributed by atoms with Gasteiger partial charge < -0.3 is 4.90 Å². The third-order valence-corrected chi connectivity index (χ3v) is 6.42. The van der Waals surface area contributed by atoms with Crippen molar-refractivity contribution in [3.63, 3.8) is 0 Å². The number of piperazine rings is 1. The van der Waals surface area contributed by atoms with Gasteiger partial charge in [0.15, 0.2) is 0 Å². The number of anilines is 1. The number of rotatable bonds is 5. The summed E-state index contributed by atoms with van der Waals surface area (Å²) >= 11 is 0. The highest BCUT2D eigenvalue weighted by Crippen LogP contribution is 2.56. The molecule has 2 fully saturated rings. The number of hydrogen-bond acceptors (Lipinski definition) is 3. The molecule has 0 aromatic heterocycles. The summed E-state index contributed by atoms with van der Waals surface area (Å²) in [5, 5.41) is 0. The largest absolute Gasteiger partial charge is 0.368 e. The summed E-state index contributed by atoms with van der Waals surface area (Å²) in [5.41, 5.74) is 5.07. The number of allylic oxidation sites excluding steroid dienone is 2. The first-order chi connectivity index (χ1) is 12.2. The van der Waals surface area contributed by atoms with Gasteiger partial charge in [0.1, 0.15) is 5.78 Å². The van der Waals surface area contributed by atoms with Crippen molar-refractivity contribution in [3.05, 3.63) is 35.9 Å². The normalized spacial score (nSPS) is 22.8. The lowest BCUT2D eigenvalue weighted by molar-refractivity contribution is -0.119. The molecule has 0 bridgehead atoms. The molecule has 134 valence electrons. The van der Waals surface area contributed by atoms with Gasteiger partial charge in [0.05, 0.1) is 6.54 Å². The Kier molecular flexibility index (Phi) is 4.68. The smallest absolute Gasteiger partial charge is 0.146 e. The van der Waals surface area contributed by atoms with E-state index < -0.39 is 0 Å². The zero-order valence-electron chi connectivity index (χ0n) is 15.5. The first-order valence-electron chi connectivity index (χ1n) is 9.97. The zero-order chi connectivity index (χ0) is 17.3. The van der Waals surface area contributed by atoms with E-state index in [9.17, 15) is 4.79 Å². The van der Waals surface area contributed by atoms with Crippen LogP contribution in [-0.2, 0) is 4.79 Å². The maximum atomic E-state index is 11.7. The van der Waals surface area contributed by atoms with Crippen molar-refractivity contribution >= 4 is 17.0 Å². The van der Waals surface area contributed by atoms with Crippen molar-refractivity contribution in [2.75, 3.05) is 37.6 Å². The fourth-order valence-corrected chi connectivity index (χ4v) is 4.35. The van der Waals surface area contributed by atoms with Crippen LogP contribution in [0.25, 0.3) is 5.57 Å². The molecule has 3 nitrogen and oxygen atoms in total. The number of carbonyl (C=O) groups excluding carboxylic acids is 1. The molecule has 1 saturated heterocycles. The van der Waals surface area contributed by atoms with Crippen LogP contribution in [0.5, 0.6) is 0 Å². The number of benzene rings is 1. The van der Waals surface area contributed by atoms with E-state index >= 15 is 0 Å². The molecule has 1 saturated carbocycles. The minimum absolute atomic E-state index is 0.357. The topological polar surface area (TPSA) is 23.6 Å². The molecular weight excluding hydrogens is 308 g/mol. The highest BCUT2D eigenvalue weighted by molar-refractivity contribution is 5.80.